The Bertz CT molecular complexity index is 763. The molecule has 0 saturated heterocycles. The first-order chi connectivity index (χ1) is 11.3. The van der Waals surface area contributed by atoms with Crippen LogP contribution in [0.15, 0.2) is 58.5 Å². The SMILES string of the molecule is Fc1ccc(N2CCN=C2c2ccc(C3=NCCN3)cc2)cc1. The molecule has 2 aliphatic heterocycles. The van der Waals surface area contributed by atoms with Crippen LogP contribution in [0.5, 0.6) is 0 Å². The molecule has 0 amide bonds. The minimum Gasteiger partial charge on any atom is -0.368 e. The van der Waals surface area contributed by atoms with Crippen molar-refractivity contribution in [2.75, 3.05) is 31.1 Å². The Morgan fingerprint density at radius 3 is 2.30 bits per heavy atom. The summed E-state index contributed by atoms with van der Waals surface area (Å²) in [5.74, 6) is 1.67. The van der Waals surface area contributed by atoms with Crippen LogP contribution in [0.2, 0.25) is 0 Å². The molecule has 2 aromatic carbocycles. The lowest BCUT2D eigenvalue weighted by Gasteiger charge is -2.20. The zero-order valence-electron chi connectivity index (χ0n) is 12.7. The zero-order valence-corrected chi connectivity index (χ0v) is 12.7. The quantitative estimate of drug-likeness (QED) is 0.946. The first-order valence-corrected chi connectivity index (χ1v) is 7.78. The number of halogens is 1. The summed E-state index contributed by atoms with van der Waals surface area (Å²) in [5.41, 5.74) is 3.13. The monoisotopic (exact) mass is 308 g/mol. The molecule has 1 N–H and O–H groups in total. The number of amidine groups is 2. The molecule has 0 unspecified atom stereocenters. The lowest BCUT2D eigenvalue weighted by atomic mass is 10.1. The van der Waals surface area contributed by atoms with E-state index in [0.717, 1.165) is 54.7 Å². The van der Waals surface area contributed by atoms with E-state index in [1.54, 1.807) is 12.1 Å². The normalized spacial score (nSPS) is 17.0. The minimum absolute atomic E-state index is 0.222. The molecule has 0 radical (unpaired) electrons. The number of anilines is 1. The van der Waals surface area contributed by atoms with Crippen LogP contribution in [0.4, 0.5) is 10.1 Å². The molecule has 0 aliphatic carbocycles. The second-order valence-electron chi connectivity index (χ2n) is 5.57. The van der Waals surface area contributed by atoms with Crippen LogP contribution < -0.4 is 10.2 Å². The van der Waals surface area contributed by atoms with Crippen LogP contribution in [-0.2, 0) is 0 Å². The Labute approximate surface area is 134 Å². The van der Waals surface area contributed by atoms with E-state index in [1.807, 2.05) is 0 Å². The summed E-state index contributed by atoms with van der Waals surface area (Å²) in [4.78, 5) is 11.2. The number of hydrogen-bond donors (Lipinski definition) is 1. The largest absolute Gasteiger partial charge is 0.368 e. The number of hydrogen-bond acceptors (Lipinski definition) is 4. The van der Waals surface area contributed by atoms with Crippen LogP contribution in [0.3, 0.4) is 0 Å². The van der Waals surface area contributed by atoms with Gasteiger partial charge in [0.25, 0.3) is 0 Å². The van der Waals surface area contributed by atoms with Crippen molar-refractivity contribution in [2.24, 2.45) is 9.98 Å². The molecule has 4 nitrogen and oxygen atoms in total. The van der Waals surface area contributed by atoms with E-state index in [2.05, 4.69) is 44.5 Å². The van der Waals surface area contributed by atoms with Gasteiger partial charge in [-0.1, -0.05) is 24.3 Å². The Kier molecular flexibility index (Phi) is 3.54. The third kappa shape index (κ3) is 2.70. The number of aliphatic imine (C=N–C) groups is 2. The van der Waals surface area contributed by atoms with E-state index in [-0.39, 0.29) is 5.82 Å². The summed E-state index contributed by atoms with van der Waals surface area (Å²) < 4.78 is 13.1. The van der Waals surface area contributed by atoms with Gasteiger partial charge >= 0.3 is 0 Å². The fourth-order valence-corrected chi connectivity index (χ4v) is 2.94. The van der Waals surface area contributed by atoms with Crippen LogP contribution in [0, 0.1) is 5.82 Å². The molecular weight excluding hydrogens is 291 g/mol. The fourth-order valence-electron chi connectivity index (χ4n) is 2.94. The molecule has 0 fully saturated rings. The molecule has 0 saturated carbocycles. The maximum absolute atomic E-state index is 13.1. The molecule has 0 atom stereocenters. The topological polar surface area (TPSA) is 40.0 Å². The zero-order chi connectivity index (χ0) is 15.6. The van der Waals surface area contributed by atoms with Crippen LogP contribution in [0.1, 0.15) is 11.1 Å². The van der Waals surface area contributed by atoms with E-state index in [1.165, 1.54) is 12.1 Å². The Hall–Kier alpha value is -2.69. The van der Waals surface area contributed by atoms with Crippen molar-refractivity contribution in [3.8, 4) is 0 Å². The number of nitrogens with one attached hydrogen (secondary N) is 1. The Balaban J connectivity index is 1.60. The Morgan fingerprint density at radius 1 is 0.870 bits per heavy atom. The van der Waals surface area contributed by atoms with Gasteiger partial charge in [-0.3, -0.25) is 9.98 Å². The standard InChI is InChI=1S/C18H17FN4/c19-15-5-7-16(8-6-15)23-12-11-22-18(23)14-3-1-13(2-4-14)17-20-9-10-21-17/h1-8H,9-12H2,(H,20,21). The lowest BCUT2D eigenvalue weighted by Crippen LogP contribution is -2.28. The van der Waals surface area contributed by atoms with Crippen LogP contribution >= 0.6 is 0 Å². The lowest BCUT2D eigenvalue weighted by molar-refractivity contribution is 0.628. The molecule has 23 heavy (non-hydrogen) atoms. The molecular formula is C18H17FN4. The van der Waals surface area contributed by atoms with Gasteiger partial charge in [0.1, 0.15) is 17.5 Å². The van der Waals surface area contributed by atoms with Gasteiger partial charge in [-0.25, -0.2) is 4.39 Å². The average Bonchev–Trinajstić information content (AvgIpc) is 3.28. The van der Waals surface area contributed by atoms with Crippen molar-refractivity contribution in [2.45, 2.75) is 0 Å². The minimum atomic E-state index is -0.222. The predicted octanol–water partition coefficient (Wildman–Crippen LogP) is 2.44. The summed E-state index contributed by atoms with van der Waals surface area (Å²) in [6.07, 6.45) is 0. The van der Waals surface area contributed by atoms with Gasteiger partial charge in [-0.05, 0) is 24.3 Å². The summed E-state index contributed by atoms with van der Waals surface area (Å²) >= 11 is 0. The first-order valence-electron chi connectivity index (χ1n) is 7.78. The third-order valence-corrected chi connectivity index (χ3v) is 4.07. The predicted molar refractivity (Wildman–Crippen MR) is 91.0 cm³/mol. The first kappa shape index (κ1) is 13.9. The van der Waals surface area contributed by atoms with Gasteiger partial charge in [0.2, 0.25) is 0 Å². The number of nitrogens with zero attached hydrogens (tertiary/aromatic N) is 3. The smallest absolute Gasteiger partial charge is 0.135 e. The van der Waals surface area contributed by atoms with E-state index in [0.29, 0.717) is 0 Å². The summed E-state index contributed by atoms with van der Waals surface area (Å²) in [6, 6.07) is 14.8. The molecule has 2 aromatic rings. The average molecular weight is 308 g/mol. The molecule has 116 valence electrons. The number of benzene rings is 2. The van der Waals surface area contributed by atoms with Crippen molar-refractivity contribution < 1.29 is 4.39 Å². The van der Waals surface area contributed by atoms with Crippen molar-refractivity contribution in [3.63, 3.8) is 0 Å². The van der Waals surface area contributed by atoms with Gasteiger partial charge in [0.05, 0.1) is 13.1 Å². The van der Waals surface area contributed by atoms with Crippen molar-refractivity contribution >= 4 is 17.4 Å². The molecule has 5 heteroatoms. The molecule has 4 rings (SSSR count). The highest BCUT2D eigenvalue weighted by Gasteiger charge is 2.20. The maximum Gasteiger partial charge on any atom is 0.135 e. The highest BCUT2D eigenvalue weighted by molar-refractivity contribution is 6.11. The molecule has 2 heterocycles. The fraction of sp³-hybridized carbons (Fsp3) is 0.222. The van der Waals surface area contributed by atoms with E-state index in [9.17, 15) is 4.39 Å². The van der Waals surface area contributed by atoms with Crippen molar-refractivity contribution in [3.05, 3.63) is 65.5 Å². The summed E-state index contributed by atoms with van der Waals surface area (Å²) in [7, 11) is 0. The van der Waals surface area contributed by atoms with Crippen molar-refractivity contribution in [1.29, 1.82) is 0 Å². The molecule has 2 aliphatic rings. The highest BCUT2D eigenvalue weighted by atomic mass is 19.1. The van der Waals surface area contributed by atoms with Gasteiger partial charge in [-0.15, -0.1) is 0 Å². The van der Waals surface area contributed by atoms with E-state index < -0.39 is 0 Å². The van der Waals surface area contributed by atoms with Gasteiger partial charge in [0.15, 0.2) is 0 Å². The highest BCUT2D eigenvalue weighted by Crippen LogP contribution is 2.22. The molecule has 0 bridgehead atoms. The van der Waals surface area contributed by atoms with Gasteiger partial charge in [-0.2, -0.15) is 0 Å². The van der Waals surface area contributed by atoms with Crippen LogP contribution in [0.25, 0.3) is 0 Å². The summed E-state index contributed by atoms with van der Waals surface area (Å²) in [6.45, 7) is 3.31. The second-order valence-corrected chi connectivity index (χ2v) is 5.57. The molecule has 0 spiro atoms. The number of rotatable bonds is 3. The van der Waals surface area contributed by atoms with Crippen LogP contribution in [-0.4, -0.2) is 37.9 Å². The van der Waals surface area contributed by atoms with Gasteiger partial charge in [0, 0.05) is 29.9 Å². The second kappa shape index (κ2) is 5.83. The molecule has 0 aromatic heterocycles. The summed E-state index contributed by atoms with van der Waals surface area (Å²) in [5, 5.41) is 3.28. The van der Waals surface area contributed by atoms with E-state index in [4.69, 9.17) is 0 Å². The van der Waals surface area contributed by atoms with E-state index >= 15 is 0 Å². The maximum atomic E-state index is 13.1. The Morgan fingerprint density at radius 2 is 1.61 bits per heavy atom. The third-order valence-electron chi connectivity index (χ3n) is 4.07. The van der Waals surface area contributed by atoms with Gasteiger partial charge < -0.3 is 10.2 Å². The van der Waals surface area contributed by atoms with Crippen molar-refractivity contribution in [1.82, 2.24) is 5.32 Å².